The molecule has 19 heavy (non-hydrogen) atoms. The van der Waals surface area contributed by atoms with E-state index in [-0.39, 0.29) is 12.6 Å². The van der Waals surface area contributed by atoms with Crippen LogP contribution in [0.25, 0.3) is 11.3 Å². The number of hydrogen-bond acceptors (Lipinski definition) is 6. The van der Waals surface area contributed by atoms with E-state index >= 15 is 0 Å². The van der Waals surface area contributed by atoms with E-state index in [0.29, 0.717) is 11.8 Å². The van der Waals surface area contributed by atoms with Gasteiger partial charge in [0, 0.05) is 37.1 Å². The van der Waals surface area contributed by atoms with Crippen molar-refractivity contribution in [1.29, 1.82) is 0 Å². The van der Waals surface area contributed by atoms with Crippen molar-refractivity contribution < 1.29 is 5.11 Å². The molecule has 6 heteroatoms. The van der Waals surface area contributed by atoms with Crippen molar-refractivity contribution in [2.45, 2.75) is 13.0 Å². The summed E-state index contributed by atoms with van der Waals surface area (Å²) in [6, 6.07) is 5.55. The quantitative estimate of drug-likeness (QED) is 0.752. The highest BCUT2D eigenvalue weighted by Crippen LogP contribution is 2.20. The number of pyridine rings is 1. The molecular formula is C13H17N5O. The van der Waals surface area contributed by atoms with Gasteiger partial charge in [-0.25, -0.2) is 4.98 Å². The predicted octanol–water partition coefficient (Wildman–Crippen LogP) is 1.37. The van der Waals surface area contributed by atoms with E-state index in [4.69, 9.17) is 5.11 Å². The highest BCUT2D eigenvalue weighted by Gasteiger charge is 2.08. The molecule has 2 aromatic heterocycles. The first-order chi connectivity index (χ1) is 9.22. The molecule has 0 unspecified atom stereocenters. The van der Waals surface area contributed by atoms with Crippen molar-refractivity contribution in [2.75, 3.05) is 24.3 Å². The van der Waals surface area contributed by atoms with E-state index in [0.717, 1.165) is 11.3 Å². The lowest BCUT2D eigenvalue weighted by molar-refractivity contribution is 0.281. The zero-order valence-corrected chi connectivity index (χ0v) is 11.0. The van der Waals surface area contributed by atoms with Gasteiger partial charge in [0.1, 0.15) is 5.82 Å². The van der Waals surface area contributed by atoms with Gasteiger partial charge in [0.2, 0.25) is 5.95 Å². The molecule has 2 heterocycles. The molecule has 0 saturated heterocycles. The number of nitrogens with zero attached hydrogens (tertiary/aromatic N) is 3. The molecule has 0 aromatic carbocycles. The number of aliphatic hydroxyl groups is 1. The molecular weight excluding hydrogens is 242 g/mol. The monoisotopic (exact) mass is 259 g/mol. The van der Waals surface area contributed by atoms with Crippen LogP contribution in [0.2, 0.25) is 0 Å². The summed E-state index contributed by atoms with van der Waals surface area (Å²) in [4.78, 5) is 12.8. The van der Waals surface area contributed by atoms with Crippen LogP contribution in [0.15, 0.2) is 30.6 Å². The molecule has 0 amide bonds. The van der Waals surface area contributed by atoms with Gasteiger partial charge in [0.15, 0.2) is 0 Å². The van der Waals surface area contributed by atoms with Gasteiger partial charge in [-0.2, -0.15) is 4.98 Å². The first-order valence-electron chi connectivity index (χ1n) is 6.07. The minimum absolute atomic E-state index is 0.0232. The van der Waals surface area contributed by atoms with E-state index in [9.17, 15) is 0 Å². The zero-order chi connectivity index (χ0) is 13.7. The van der Waals surface area contributed by atoms with Crippen molar-refractivity contribution in [2.24, 2.45) is 0 Å². The summed E-state index contributed by atoms with van der Waals surface area (Å²) in [5, 5.41) is 15.1. The molecule has 0 radical (unpaired) electrons. The van der Waals surface area contributed by atoms with Crippen LogP contribution in [0.3, 0.4) is 0 Å². The predicted molar refractivity (Wildman–Crippen MR) is 75.0 cm³/mol. The molecule has 6 nitrogen and oxygen atoms in total. The molecule has 1 atom stereocenters. The first kappa shape index (κ1) is 13.2. The molecule has 2 aromatic rings. The maximum Gasteiger partial charge on any atom is 0.225 e. The summed E-state index contributed by atoms with van der Waals surface area (Å²) < 4.78 is 0. The van der Waals surface area contributed by atoms with E-state index in [2.05, 4.69) is 25.6 Å². The van der Waals surface area contributed by atoms with Crippen LogP contribution in [-0.2, 0) is 0 Å². The molecule has 0 aliphatic heterocycles. The lowest BCUT2D eigenvalue weighted by atomic mass is 10.2. The summed E-state index contributed by atoms with van der Waals surface area (Å²) in [5.74, 6) is 1.19. The van der Waals surface area contributed by atoms with Crippen LogP contribution >= 0.6 is 0 Å². The molecule has 0 aliphatic carbocycles. The Kier molecular flexibility index (Phi) is 4.25. The molecule has 0 bridgehead atoms. The number of aliphatic hydroxyl groups excluding tert-OH is 1. The fourth-order valence-electron chi connectivity index (χ4n) is 1.57. The summed E-state index contributed by atoms with van der Waals surface area (Å²) >= 11 is 0. The second kappa shape index (κ2) is 6.10. The minimum Gasteiger partial charge on any atom is -0.394 e. The van der Waals surface area contributed by atoms with E-state index < -0.39 is 0 Å². The summed E-state index contributed by atoms with van der Waals surface area (Å²) in [5.41, 5.74) is 1.70. The van der Waals surface area contributed by atoms with Crippen LogP contribution in [0.5, 0.6) is 0 Å². The van der Waals surface area contributed by atoms with Crippen LogP contribution in [-0.4, -0.2) is 39.8 Å². The highest BCUT2D eigenvalue weighted by atomic mass is 16.3. The van der Waals surface area contributed by atoms with Gasteiger partial charge in [-0.15, -0.1) is 0 Å². The lowest BCUT2D eigenvalue weighted by Gasteiger charge is -2.13. The van der Waals surface area contributed by atoms with Crippen molar-refractivity contribution in [1.82, 2.24) is 15.0 Å². The zero-order valence-electron chi connectivity index (χ0n) is 11.0. The number of nitrogens with one attached hydrogen (secondary N) is 2. The third-order valence-electron chi connectivity index (χ3n) is 2.59. The smallest absolute Gasteiger partial charge is 0.225 e. The molecule has 2 rings (SSSR count). The lowest BCUT2D eigenvalue weighted by Crippen LogP contribution is -2.21. The van der Waals surface area contributed by atoms with Crippen molar-refractivity contribution in [3.05, 3.63) is 30.6 Å². The van der Waals surface area contributed by atoms with Crippen molar-refractivity contribution in [3.8, 4) is 11.3 Å². The van der Waals surface area contributed by atoms with Crippen molar-refractivity contribution in [3.63, 3.8) is 0 Å². The standard InChI is InChI=1S/C13H17N5O/c1-9(8-19)16-13-17-11(6-12(14-2)18-13)10-4-3-5-15-7-10/h3-7,9,19H,8H2,1-2H3,(H2,14,16,17,18)/t9-/m1/s1. The van der Waals surface area contributed by atoms with Crippen LogP contribution in [0.4, 0.5) is 11.8 Å². The van der Waals surface area contributed by atoms with Gasteiger partial charge in [0.05, 0.1) is 12.3 Å². The van der Waals surface area contributed by atoms with Crippen molar-refractivity contribution >= 4 is 11.8 Å². The third kappa shape index (κ3) is 3.38. The number of anilines is 2. The average molecular weight is 259 g/mol. The van der Waals surface area contributed by atoms with E-state index in [1.165, 1.54) is 0 Å². The van der Waals surface area contributed by atoms with Gasteiger partial charge in [0.25, 0.3) is 0 Å². The van der Waals surface area contributed by atoms with Crippen LogP contribution < -0.4 is 10.6 Å². The number of hydrogen-bond donors (Lipinski definition) is 3. The van der Waals surface area contributed by atoms with Gasteiger partial charge < -0.3 is 15.7 Å². The second-order valence-corrected chi connectivity index (χ2v) is 4.18. The van der Waals surface area contributed by atoms with Crippen LogP contribution in [0.1, 0.15) is 6.92 Å². The second-order valence-electron chi connectivity index (χ2n) is 4.18. The molecule has 0 saturated carbocycles. The van der Waals surface area contributed by atoms with Gasteiger partial charge in [-0.05, 0) is 19.1 Å². The largest absolute Gasteiger partial charge is 0.394 e. The number of aromatic nitrogens is 3. The highest BCUT2D eigenvalue weighted by molar-refractivity contribution is 5.63. The SMILES string of the molecule is CNc1cc(-c2cccnc2)nc(N[C@H](C)CO)n1. The fraction of sp³-hybridized carbons (Fsp3) is 0.308. The Hall–Kier alpha value is -2.21. The summed E-state index contributed by atoms with van der Waals surface area (Å²) in [6.45, 7) is 1.88. The maximum atomic E-state index is 9.07. The molecule has 100 valence electrons. The molecule has 0 spiro atoms. The Morgan fingerprint density at radius 2 is 2.21 bits per heavy atom. The Bertz CT molecular complexity index is 532. The van der Waals surface area contributed by atoms with Gasteiger partial charge >= 0.3 is 0 Å². The average Bonchev–Trinajstić information content (AvgIpc) is 2.47. The summed E-state index contributed by atoms with van der Waals surface area (Å²) in [6.07, 6.45) is 3.47. The maximum absolute atomic E-state index is 9.07. The third-order valence-corrected chi connectivity index (χ3v) is 2.59. The molecule has 3 N–H and O–H groups in total. The normalized spacial score (nSPS) is 11.9. The Morgan fingerprint density at radius 1 is 1.37 bits per heavy atom. The van der Waals surface area contributed by atoms with E-state index in [1.807, 2.05) is 25.1 Å². The first-order valence-corrected chi connectivity index (χ1v) is 6.07. The Morgan fingerprint density at radius 3 is 2.84 bits per heavy atom. The van der Waals surface area contributed by atoms with Gasteiger partial charge in [-0.3, -0.25) is 4.98 Å². The Balaban J connectivity index is 2.36. The van der Waals surface area contributed by atoms with Gasteiger partial charge in [-0.1, -0.05) is 0 Å². The summed E-state index contributed by atoms with van der Waals surface area (Å²) in [7, 11) is 1.80. The van der Waals surface area contributed by atoms with Crippen LogP contribution in [0, 0.1) is 0 Å². The Labute approximate surface area is 112 Å². The number of rotatable bonds is 5. The minimum atomic E-state index is -0.103. The molecule has 0 fully saturated rings. The fourth-order valence-corrected chi connectivity index (χ4v) is 1.57. The van der Waals surface area contributed by atoms with E-state index in [1.54, 1.807) is 19.4 Å². The molecule has 0 aliphatic rings. The topological polar surface area (TPSA) is 83.0 Å².